The number of phenols is 2. The maximum absolute atomic E-state index is 9.37. The third kappa shape index (κ3) is 3.54. The van der Waals surface area contributed by atoms with Gasteiger partial charge < -0.3 is 14.9 Å². The number of benzene rings is 2. The Morgan fingerprint density at radius 2 is 1.82 bits per heavy atom. The number of hydrogen-bond acceptors (Lipinski definition) is 5. The van der Waals surface area contributed by atoms with Gasteiger partial charge in [0.15, 0.2) is 0 Å². The Labute approximate surface area is 127 Å². The van der Waals surface area contributed by atoms with E-state index < -0.39 is 0 Å². The molecule has 2 aromatic carbocycles. The molecule has 0 aliphatic heterocycles. The van der Waals surface area contributed by atoms with E-state index in [0.717, 1.165) is 5.56 Å². The van der Waals surface area contributed by atoms with Gasteiger partial charge in [-0.1, -0.05) is 23.4 Å². The molecule has 112 valence electrons. The highest BCUT2D eigenvalue weighted by atomic mass is 16.5. The van der Waals surface area contributed by atoms with E-state index in [9.17, 15) is 10.2 Å². The van der Waals surface area contributed by atoms with Crippen molar-refractivity contribution >= 4 is 0 Å². The highest BCUT2D eigenvalue weighted by Gasteiger charge is 2.03. The van der Waals surface area contributed by atoms with Gasteiger partial charge >= 0.3 is 0 Å². The van der Waals surface area contributed by atoms with Crippen LogP contribution in [-0.4, -0.2) is 25.2 Å². The van der Waals surface area contributed by atoms with Crippen LogP contribution in [0.2, 0.25) is 0 Å². The lowest BCUT2D eigenvalue weighted by molar-refractivity contribution is 0.299. The molecule has 0 fully saturated rings. The molecule has 0 aliphatic carbocycles. The zero-order valence-corrected chi connectivity index (χ0v) is 11.8. The molecule has 0 unspecified atom stereocenters. The number of hydrogen-bond donors (Lipinski definition) is 2. The van der Waals surface area contributed by atoms with Crippen LogP contribution in [0.3, 0.4) is 0 Å². The second-order valence-corrected chi connectivity index (χ2v) is 4.86. The third-order valence-corrected chi connectivity index (χ3v) is 3.07. The van der Waals surface area contributed by atoms with Crippen molar-refractivity contribution in [1.82, 2.24) is 15.0 Å². The summed E-state index contributed by atoms with van der Waals surface area (Å²) in [4.78, 5) is 0. The molecule has 1 aromatic heterocycles. The molecule has 3 aromatic rings. The van der Waals surface area contributed by atoms with E-state index in [0.29, 0.717) is 18.0 Å². The minimum absolute atomic E-state index is 0.161. The Morgan fingerprint density at radius 3 is 2.59 bits per heavy atom. The molecule has 0 bridgehead atoms. The molecule has 0 atom stereocenters. The van der Waals surface area contributed by atoms with Gasteiger partial charge in [0.25, 0.3) is 0 Å². The van der Waals surface area contributed by atoms with Crippen molar-refractivity contribution in [3.05, 3.63) is 66.0 Å². The van der Waals surface area contributed by atoms with Crippen molar-refractivity contribution in [3.63, 3.8) is 0 Å². The Hall–Kier alpha value is -3.02. The highest BCUT2D eigenvalue weighted by Crippen LogP contribution is 2.18. The highest BCUT2D eigenvalue weighted by molar-refractivity contribution is 5.31. The number of aromatic nitrogens is 3. The average molecular weight is 297 g/mol. The fourth-order valence-electron chi connectivity index (χ4n) is 2.00. The van der Waals surface area contributed by atoms with Crippen LogP contribution in [0.15, 0.2) is 54.7 Å². The summed E-state index contributed by atoms with van der Waals surface area (Å²) in [7, 11) is 0. The van der Waals surface area contributed by atoms with Gasteiger partial charge in [0.1, 0.15) is 29.5 Å². The van der Waals surface area contributed by atoms with Crippen molar-refractivity contribution in [2.45, 2.75) is 13.2 Å². The lowest BCUT2D eigenvalue weighted by atomic mass is 10.2. The fraction of sp³-hybridized carbons (Fsp3) is 0.125. The van der Waals surface area contributed by atoms with Crippen LogP contribution < -0.4 is 4.74 Å². The maximum atomic E-state index is 9.37. The van der Waals surface area contributed by atoms with Crippen molar-refractivity contribution in [3.8, 4) is 17.2 Å². The minimum Gasteiger partial charge on any atom is -0.508 e. The first-order chi connectivity index (χ1) is 10.7. The van der Waals surface area contributed by atoms with Gasteiger partial charge in [-0.25, -0.2) is 4.68 Å². The van der Waals surface area contributed by atoms with E-state index in [1.807, 2.05) is 12.1 Å². The van der Waals surface area contributed by atoms with Crippen LogP contribution in [0.1, 0.15) is 11.3 Å². The van der Waals surface area contributed by atoms with Gasteiger partial charge in [0.05, 0.1) is 12.7 Å². The molecule has 3 rings (SSSR count). The Morgan fingerprint density at radius 1 is 1.00 bits per heavy atom. The van der Waals surface area contributed by atoms with Crippen LogP contribution in [0.4, 0.5) is 0 Å². The summed E-state index contributed by atoms with van der Waals surface area (Å²) in [5, 5.41) is 26.7. The molecule has 0 spiro atoms. The Balaban J connectivity index is 1.60. The van der Waals surface area contributed by atoms with Crippen LogP contribution in [0.5, 0.6) is 17.2 Å². The summed E-state index contributed by atoms with van der Waals surface area (Å²) >= 11 is 0. The lowest BCUT2D eigenvalue weighted by Gasteiger charge is -2.03. The van der Waals surface area contributed by atoms with Crippen LogP contribution in [0.25, 0.3) is 0 Å². The van der Waals surface area contributed by atoms with E-state index in [2.05, 4.69) is 10.3 Å². The predicted octanol–water partition coefficient (Wildman–Crippen LogP) is 2.32. The topological polar surface area (TPSA) is 80.4 Å². The summed E-state index contributed by atoms with van der Waals surface area (Å²) in [6.45, 7) is 0.846. The van der Waals surface area contributed by atoms with Gasteiger partial charge in [-0.2, -0.15) is 0 Å². The number of phenolic OH excluding ortho intramolecular Hbond substituents is 2. The monoisotopic (exact) mass is 297 g/mol. The number of nitrogens with zero attached hydrogens (tertiary/aromatic N) is 3. The number of ether oxygens (including phenoxy) is 1. The summed E-state index contributed by atoms with van der Waals surface area (Å²) < 4.78 is 7.25. The van der Waals surface area contributed by atoms with Gasteiger partial charge in [0.2, 0.25) is 0 Å². The van der Waals surface area contributed by atoms with Crippen LogP contribution >= 0.6 is 0 Å². The average Bonchev–Trinajstić information content (AvgIpc) is 2.95. The molecular formula is C16H15N3O3. The smallest absolute Gasteiger partial charge is 0.134 e. The molecule has 6 heteroatoms. The van der Waals surface area contributed by atoms with E-state index in [1.54, 1.807) is 47.3 Å². The standard InChI is InChI=1S/C16H15N3O3/c20-14-6-4-12(5-7-14)9-19-10-13(17-18-19)11-22-16-3-1-2-15(21)8-16/h1-8,10,20-21H,9,11H2. The number of rotatable bonds is 5. The summed E-state index contributed by atoms with van der Waals surface area (Å²) in [6.07, 6.45) is 1.80. The molecule has 1 heterocycles. The van der Waals surface area contributed by atoms with Crippen molar-refractivity contribution < 1.29 is 14.9 Å². The molecule has 0 aliphatic rings. The first kappa shape index (κ1) is 13.9. The molecule has 0 saturated carbocycles. The molecule has 6 nitrogen and oxygen atoms in total. The normalized spacial score (nSPS) is 10.5. The third-order valence-electron chi connectivity index (χ3n) is 3.07. The second-order valence-electron chi connectivity index (χ2n) is 4.86. The van der Waals surface area contributed by atoms with E-state index >= 15 is 0 Å². The van der Waals surface area contributed by atoms with Crippen LogP contribution in [-0.2, 0) is 13.2 Å². The first-order valence-corrected chi connectivity index (χ1v) is 6.78. The van der Waals surface area contributed by atoms with Gasteiger partial charge in [0, 0.05) is 6.07 Å². The Kier molecular flexibility index (Phi) is 3.91. The minimum atomic E-state index is 0.161. The van der Waals surface area contributed by atoms with Crippen molar-refractivity contribution in [2.75, 3.05) is 0 Å². The van der Waals surface area contributed by atoms with Gasteiger partial charge in [-0.3, -0.25) is 0 Å². The molecule has 0 saturated heterocycles. The predicted molar refractivity (Wildman–Crippen MR) is 79.7 cm³/mol. The number of aromatic hydroxyl groups is 2. The molecule has 0 amide bonds. The molecule has 0 radical (unpaired) electrons. The zero-order chi connectivity index (χ0) is 15.4. The van der Waals surface area contributed by atoms with Crippen molar-refractivity contribution in [2.24, 2.45) is 0 Å². The quantitative estimate of drug-likeness (QED) is 0.755. The zero-order valence-electron chi connectivity index (χ0n) is 11.8. The maximum Gasteiger partial charge on any atom is 0.134 e. The van der Waals surface area contributed by atoms with E-state index in [1.165, 1.54) is 0 Å². The Bertz CT molecular complexity index is 753. The lowest BCUT2D eigenvalue weighted by Crippen LogP contribution is -2.00. The first-order valence-electron chi connectivity index (χ1n) is 6.78. The van der Waals surface area contributed by atoms with Gasteiger partial charge in [-0.15, -0.1) is 5.10 Å². The van der Waals surface area contributed by atoms with Crippen LogP contribution in [0, 0.1) is 0 Å². The van der Waals surface area contributed by atoms with E-state index in [-0.39, 0.29) is 18.1 Å². The summed E-state index contributed by atoms with van der Waals surface area (Å²) in [5.74, 6) is 0.976. The SMILES string of the molecule is Oc1ccc(Cn2cc(COc3cccc(O)c3)nn2)cc1. The molecular weight excluding hydrogens is 282 g/mol. The fourth-order valence-corrected chi connectivity index (χ4v) is 2.00. The van der Waals surface area contributed by atoms with Crippen molar-refractivity contribution in [1.29, 1.82) is 0 Å². The molecule has 2 N–H and O–H groups in total. The van der Waals surface area contributed by atoms with Gasteiger partial charge in [-0.05, 0) is 29.8 Å². The molecule has 22 heavy (non-hydrogen) atoms. The second kappa shape index (κ2) is 6.17. The summed E-state index contributed by atoms with van der Waals surface area (Å²) in [5.41, 5.74) is 1.71. The van der Waals surface area contributed by atoms with E-state index in [4.69, 9.17) is 4.74 Å². The summed E-state index contributed by atoms with van der Waals surface area (Å²) in [6, 6.07) is 13.5. The largest absolute Gasteiger partial charge is 0.508 e.